The van der Waals surface area contributed by atoms with Gasteiger partial charge in [-0.15, -0.1) is 0 Å². The molecule has 3 heteroatoms. The summed E-state index contributed by atoms with van der Waals surface area (Å²) in [5, 5.41) is 13.0. The van der Waals surface area contributed by atoms with Crippen molar-refractivity contribution in [1.29, 1.82) is 0 Å². The first-order valence-corrected chi connectivity index (χ1v) is 7.43. The second-order valence-corrected chi connectivity index (χ2v) is 5.33. The van der Waals surface area contributed by atoms with Gasteiger partial charge in [0.2, 0.25) is 0 Å². The number of hydrogen-bond donors (Lipinski definition) is 1. The summed E-state index contributed by atoms with van der Waals surface area (Å²) in [6.45, 7) is 0.336. The van der Waals surface area contributed by atoms with Gasteiger partial charge in [0.1, 0.15) is 0 Å². The van der Waals surface area contributed by atoms with Crippen molar-refractivity contribution in [2.24, 2.45) is 0 Å². The van der Waals surface area contributed by atoms with Gasteiger partial charge >= 0.3 is 0 Å². The number of nitrogens with zero attached hydrogens (tertiary/aromatic N) is 1. The second-order valence-electron chi connectivity index (χ2n) is 5.33. The molecule has 0 bridgehead atoms. The molecule has 0 aliphatic carbocycles. The molecule has 3 nitrogen and oxygen atoms in total. The molecule has 0 radical (unpaired) electrons. The van der Waals surface area contributed by atoms with Gasteiger partial charge in [-0.25, -0.2) is 0 Å². The molecule has 3 aromatic rings. The van der Waals surface area contributed by atoms with Crippen LogP contribution in [-0.4, -0.2) is 16.1 Å². The maximum Gasteiger partial charge on any atom is 0.187 e. The van der Waals surface area contributed by atoms with E-state index in [4.69, 9.17) is 0 Å². The van der Waals surface area contributed by atoms with Crippen LogP contribution in [0.5, 0.6) is 0 Å². The van der Waals surface area contributed by atoms with E-state index in [1.54, 1.807) is 6.07 Å². The molecule has 0 amide bonds. The topological polar surface area (TPSA) is 40.5 Å². The van der Waals surface area contributed by atoms with Crippen molar-refractivity contribution in [2.75, 3.05) is 0 Å². The van der Waals surface area contributed by atoms with E-state index in [0.29, 0.717) is 12.1 Å². The normalized spacial score (nSPS) is 11.0. The third-order valence-corrected chi connectivity index (χ3v) is 3.62. The van der Waals surface area contributed by atoms with E-state index in [-0.39, 0.29) is 5.78 Å². The molecule has 0 fully saturated rings. The lowest BCUT2D eigenvalue weighted by Crippen LogP contribution is -2.11. The number of hydrogen-bond acceptors (Lipinski definition) is 3. The molecule has 0 aliphatic heterocycles. The van der Waals surface area contributed by atoms with Gasteiger partial charge in [-0.3, -0.25) is 15.1 Å². The number of allylic oxidation sites excluding steroid dienone is 1. The van der Waals surface area contributed by atoms with Crippen molar-refractivity contribution in [3.8, 4) is 0 Å². The number of carbonyl (C=O) groups excluding carboxylic acids is 1. The van der Waals surface area contributed by atoms with Crippen LogP contribution >= 0.6 is 0 Å². The largest absolute Gasteiger partial charge is 0.289 e. The van der Waals surface area contributed by atoms with E-state index in [1.807, 2.05) is 66.7 Å². The standard InChI is InChI=1S/C20H17NO2/c22-20(12-13-21(23)15-16-6-2-1-3-7-16)19-11-10-17-8-4-5-9-18(17)14-19/h1-14,23H,15H2. The lowest BCUT2D eigenvalue weighted by molar-refractivity contribution is -0.0491. The zero-order valence-electron chi connectivity index (χ0n) is 12.6. The summed E-state index contributed by atoms with van der Waals surface area (Å²) in [7, 11) is 0. The molecular weight excluding hydrogens is 286 g/mol. The van der Waals surface area contributed by atoms with Crippen LogP contribution in [0.1, 0.15) is 15.9 Å². The zero-order chi connectivity index (χ0) is 16.1. The number of ketones is 1. The summed E-state index contributed by atoms with van der Waals surface area (Å²) in [5.74, 6) is -0.136. The fourth-order valence-electron chi connectivity index (χ4n) is 2.42. The molecule has 0 aliphatic rings. The number of fused-ring (bicyclic) bond motifs is 1. The molecule has 0 unspecified atom stereocenters. The highest BCUT2D eigenvalue weighted by atomic mass is 16.5. The van der Waals surface area contributed by atoms with Crippen LogP contribution < -0.4 is 0 Å². The Hall–Kier alpha value is -2.91. The molecule has 114 valence electrons. The fraction of sp³-hybridized carbons (Fsp3) is 0.0500. The molecular formula is C20H17NO2. The minimum Gasteiger partial charge on any atom is -0.289 e. The Labute approximate surface area is 135 Å². The third kappa shape index (κ3) is 3.84. The van der Waals surface area contributed by atoms with Gasteiger partial charge < -0.3 is 0 Å². The predicted octanol–water partition coefficient (Wildman–Crippen LogP) is 4.43. The minimum atomic E-state index is -0.136. The predicted molar refractivity (Wildman–Crippen MR) is 91.2 cm³/mol. The number of benzene rings is 3. The molecule has 0 saturated heterocycles. The van der Waals surface area contributed by atoms with E-state index in [2.05, 4.69) is 0 Å². The van der Waals surface area contributed by atoms with Crippen LogP contribution in [0.3, 0.4) is 0 Å². The first-order chi connectivity index (χ1) is 11.2. The summed E-state index contributed by atoms with van der Waals surface area (Å²) in [6.07, 6.45) is 2.78. The summed E-state index contributed by atoms with van der Waals surface area (Å²) in [4.78, 5) is 12.2. The molecule has 1 N–H and O–H groups in total. The van der Waals surface area contributed by atoms with Crippen molar-refractivity contribution < 1.29 is 10.0 Å². The maximum absolute atomic E-state index is 12.2. The SMILES string of the molecule is O=C(C=CN(O)Cc1ccccc1)c1ccc2ccccc2c1. The Balaban J connectivity index is 1.69. The highest BCUT2D eigenvalue weighted by Gasteiger charge is 2.04. The van der Waals surface area contributed by atoms with Crippen molar-refractivity contribution in [2.45, 2.75) is 6.54 Å². The van der Waals surface area contributed by atoms with Crippen LogP contribution in [0.2, 0.25) is 0 Å². The van der Waals surface area contributed by atoms with Gasteiger partial charge in [-0.05, 0) is 22.4 Å². The van der Waals surface area contributed by atoms with Crippen molar-refractivity contribution >= 4 is 16.6 Å². The number of hydroxylamine groups is 2. The highest BCUT2D eigenvalue weighted by molar-refractivity contribution is 6.06. The Morgan fingerprint density at radius 3 is 2.39 bits per heavy atom. The van der Waals surface area contributed by atoms with E-state index in [9.17, 15) is 10.0 Å². The van der Waals surface area contributed by atoms with Crippen LogP contribution in [0.25, 0.3) is 10.8 Å². The average molecular weight is 303 g/mol. The molecule has 0 aromatic heterocycles. The maximum atomic E-state index is 12.2. The summed E-state index contributed by atoms with van der Waals surface area (Å²) >= 11 is 0. The second kappa shape index (κ2) is 6.90. The lowest BCUT2D eigenvalue weighted by Gasteiger charge is -2.11. The molecule has 0 heterocycles. The van der Waals surface area contributed by atoms with Crippen LogP contribution in [0.15, 0.2) is 85.1 Å². The molecule has 0 spiro atoms. The smallest absolute Gasteiger partial charge is 0.187 e. The molecule has 0 saturated carbocycles. The average Bonchev–Trinajstić information content (AvgIpc) is 2.60. The minimum absolute atomic E-state index is 0.136. The monoisotopic (exact) mass is 303 g/mol. The van der Waals surface area contributed by atoms with E-state index in [1.165, 1.54) is 12.3 Å². The van der Waals surface area contributed by atoms with Gasteiger partial charge in [0.25, 0.3) is 0 Å². The van der Waals surface area contributed by atoms with E-state index in [0.717, 1.165) is 21.4 Å². The Morgan fingerprint density at radius 1 is 0.913 bits per heavy atom. The first kappa shape index (κ1) is 15.0. The van der Waals surface area contributed by atoms with Gasteiger partial charge in [0.15, 0.2) is 5.78 Å². The van der Waals surface area contributed by atoms with Crippen LogP contribution in [0, 0.1) is 0 Å². The summed E-state index contributed by atoms with van der Waals surface area (Å²) in [5.41, 5.74) is 1.57. The Bertz CT molecular complexity index is 840. The van der Waals surface area contributed by atoms with E-state index < -0.39 is 0 Å². The van der Waals surface area contributed by atoms with E-state index >= 15 is 0 Å². The molecule has 0 atom stereocenters. The first-order valence-electron chi connectivity index (χ1n) is 7.43. The Kier molecular flexibility index (Phi) is 4.50. The van der Waals surface area contributed by atoms with Gasteiger partial charge in [-0.2, -0.15) is 0 Å². The van der Waals surface area contributed by atoms with Gasteiger partial charge in [-0.1, -0.05) is 66.7 Å². The van der Waals surface area contributed by atoms with Gasteiger partial charge in [0, 0.05) is 17.8 Å². The highest BCUT2D eigenvalue weighted by Crippen LogP contribution is 2.16. The third-order valence-electron chi connectivity index (χ3n) is 3.62. The zero-order valence-corrected chi connectivity index (χ0v) is 12.6. The van der Waals surface area contributed by atoms with Crippen LogP contribution in [0.4, 0.5) is 0 Å². The molecule has 3 aromatic carbocycles. The summed E-state index contributed by atoms with van der Waals surface area (Å²) < 4.78 is 0. The van der Waals surface area contributed by atoms with Crippen molar-refractivity contribution in [3.63, 3.8) is 0 Å². The lowest BCUT2D eigenvalue weighted by atomic mass is 10.0. The van der Waals surface area contributed by atoms with Crippen LogP contribution in [-0.2, 0) is 6.54 Å². The quantitative estimate of drug-likeness (QED) is 0.431. The molecule has 23 heavy (non-hydrogen) atoms. The number of rotatable bonds is 5. The van der Waals surface area contributed by atoms with Crippen molar-refractivity contribution in [3.05, 3.63) is 96.2 Å². The fourth-order valence-corrected chi connectivity index (χ4v) is 2.42. The van der Waals surface area contributed by atoms with Crippen molar-refractivity contribution in [1.82, 2.24) is 5.06 Å². The Morgan fingerprint density at radius 2 is 1.61 bits per heavy atom. The van der Waals surface area contributed by atoms with Gasteiger partial charge in [0.05, 0.1) is 6.54 Å². The molecule has 3 rings (SSSR count). The summed E-state index contributed by atoms with van der Waals surface area (Å²) in [6, 6.07) is 23.1. The number of carbonyl (C=O) groups is 1.